The fourth-order valence-electron chi connectivity index (χ4n) is 7.28. The Morgan fingerprint density at radius 1 is 0.318 bits per heavy atom. The lowest BCUT2D eigenvalue weighted by atomic mass is 10.0. The average molecular weight is 917 g/mol. The van der Waals surface area contributed by atoms with Gasteiger partial charge in [-0.2, -0.15) is 0 Å². The molecule has 0 radical (unpaired) electrons. The van der Waals surface area contributed by atoms with Crippen LogP contribution in [-0.2, 0) is 28.6 Å². The second kappa shape index (κ2) is 53.9. The zero-order valence-corrected chi connectivity index (χ0v) is 42.9. The Hall–Kier alpha value is -3.67. The second-order valence-electron chi connectivity index (χ2n) is 17.8. The van der Waals surface area contributed by atoms with E-state index in [0.29, 0.717) is 19.3 Å². The molecule has 6 nitrogen and oxygen atoms in total. The first-order valence-corrected chi connectivity index (χ1v) is 27.2. The van der Waals surface area contributed by atoms with Crippen molar-refractivity contribution < 1.29 is 28.6 Å². The van der Waals surface area contributed by atoms with Crippen LogP contribution in [-0.4, -0.2) is 37.2 Å². The number of ether oxygens (including phenoxy) is 3. The molecule has 0 aliphatic rings. The van der Waals surface area contributed by atoms with Crippen molar-refractivity contribution in [2.45, 2.75) is 252 Å². The Kier molecular flexibility index (Phi) is 50.9. The van der Waals surface area contributed by atoms with E-state index in [0.717, 1.165) is 122 Å². The summed E-state index contributed by atoms with van der Waals surface area (Å²) in [6.45, 7) is 6.45. The fourth-order valence-corrected chi connectivity index (χ4v) is 7.28. The van der Waals surface area contributed by atoms with Gasteiger partial charge in [0.25, 0.3) is 0 Å². The molecule has 0 amide bonds. The van der Waals surface area contributed by atoms with E-state index in [4.69, 9.17) is 14.2 Å². The van der Waals surface area contributed by atoms with E-state index >= 15 is 0 Å². The smallest absolute Gasteiger partial charge is 0.306 e. The minimum Gasteiger partial charge on any atom is -0.462 e. The molecule has 0 aliphatic heterocycles. The molecule has 0 spiro atoms. The Morgan fingerprint density at radius 2 is 0.591 bits per heavy atom. The molecule has 0 saturated heterocycles. The molecule has 1 unspecified atom stereocenters. The Labute approximate surface area is 407 Å². The van der Waals surface area contributed by atoms with Gasteiger partial charge in [0.1, 0.15) is 13.2 Å². The highest BCUT2D eigenvalue weighted by molar-refractivity contribution is 5.71. The third-order valence-electron chi connectivity index (χ3n) is 11.4. The SMILES string of the molecule is CC/C=C\C/C=C\C/C=C\C/C=C\C/C=C\C/C=C\C/C=C\C/C=C\CCCCCCC(=O)OCC(COC(=O)CCCCCCCCC)OC(=O)CCCCCCCCCCCCCC. The summed E-state index contributed by atoms with van der Waals surface area (Å²) in [5, 5.41) is 0. The van der Waals surface area contributed by atoms with E-state index in [1.165, 1.54) is 83.5 Å². The van der Waals surface area contributed by atoms with Gasteiger partial charge in [0, 0.05) is 19.3 Å². The maximum Gasteiger partial charge on any atom is 0.306 e. The summed E-state index contributed by atoms with van der Waals surface area (Å²) in [7, 11) is 0. The van der Waals surface area contributed by atoms with Gasteiger partial charge in [-0.05, 0) is 83.5 Å². The molecular formula is C60H100O6. The van der Waals surface area contributed by atoms with Gasteiger partial charge in [-0.1, -0.05) is 240 Å². The number of esters is 3. The van der Waals surface area contributed by atoms with Crippen LogP contribution in [0, 0.1) is 0 Å². The number of rotatable bonds is 48. The summed E-state index contributed by atoms with van der Waals surface area (Å²) in [4.78, 5) is 37.8. The average Bonchev–Trinajstić information content (AvgIpc) is 3.31. The molecule has 0 aromatic rings. The number of allylic oxidation sites excluding steroid dienone is 16. The molecule has 0 aromatic heterocycles. The van der Waals surface area contributed by atoms with Crippen molar-refractivity contribution in [3.63, 3.8) is 0 Å². The first-order chi connectivity index (χ1) is 32.5. The predicted octanol–water partition coefficient (Wildman–Crippen LogP) is 18.1. The largest absolute Gasteiger partial charge is 0.462 e. The molecule has 0 N–H and O–H groups in total. The zero-order valence-electron chi connectivity index (χ0n) is 42.9. The lowest BCUT2D eigenvalue weighted by Gasteiger charge is -2.18. The van der Waals surface area contributed by atoms with Crippen molar-refractivity contribution in [2.24, 2.45) is 0 Å². The molecule has 0 saturated carbocycles. The summed E-state index contributed by atoms with van der Waals surface area (Å²) in [6, 6.07) is 0. The van der Waals surface area contributed by atoms with E-state index < -0.39 is 6.10 Å². The van der Waals surface area contributed by atoms with Crippen molar-refractivity contribution in [3.05, 3.63) is 97.2 Å². The van der Waals surface area contributed by atoms with Crippen molar-refractivity contribution in [1.29, 1.82) is 0 Å². The Morgan fingerprint density at radius 3 is 0.924 bits per heavy atom. The molecule has 0 aliphatic carbocycles. The molecule has 6 heteroatoms. The van der Waals surface area contributed by atoms with Gasteiger partial charge < -0.3 is 14.2 Å². The van der Waals surface area contributed by atoms with Crippen molar-refractivity contribution in [1.82, 2.24) is 0 Å². The lowest BCUT2D eigenvalue weighted by molar-refractivity contribution is -0.167. The summed E-state index contributed by atoms with van der Waals surface area (Å²) >= 11 is 0. The molecule has 0 rings (SSSR count). The predicted molar refractivity (Wildman–Crippen MR) is 284 cm³/mol. The van der Waals surface area contributed by atoms with Crippen LogP contribution in [0.4, 0.5) is 0 Å². The van der Waals surface area contributed by atoms with E-state index in [1.807, 2.05) is 0 Å². The Balaban J connectivity index is 4.22. The number of hydrogen-bond donors (Lipinski definition) is 0. The highest BCUT2D eigenvalue weighted by Crippen LogP contribution is 2.14. The molecule has 0 fully saturated rings. The molecule has 1 atom stereocenters. The standard InChI is InChI=1S/C60H100O6/c1-4-7-10-13-16-18-20-22-23-24-25-26-27-28-29-30-31-32-33-34-35-36-37-38-40-41-44-47-50-53-59(62)65-56-57(55-64-58(61)52-49-46-43-15-12-9-6-3)66-60(63)54-51-48-45-42-39-21-19-17-14-11-8-5-2/h7,10,16,18,22-23,25-26,28-29,31-32,34-35,37-38,57H,4-6,8-9,11-15,17,19-21,24,27,30,33,36,39-56H2,1-3H3/b10-7-,18-16-,23-22-,26-25-,29-28-,32-31-,35-34-,38-37-. The van der Waals surface area contributed by atoms with Crippen LogP contribution >= 0.6 is 0 Å². The van der Waals surface area contributed by atoms with Crippen LogP contribution in [0.5, 0.6) is 0 Å². The summed E-state index contributed by atoms with van der Waals surface area (Å²) in [6.07, 6.45) is 71.3. The van der Waals surface area contributed by atoms with Gasteiger partial charge >= 0.3 is 17.9 Å². The molecule has 66 heavy (non-hydrogen) atoms. The maximum atomic E-state index is 12.7. The number of unbranched alkanes of at least 4 members (excludes halogenated alkanes) is 21. The third-order valence-corrected chi connectivity index (χ3v) is 11.4. The molecule has 376 valence electrons. The third kappa shape index (κ3) is 51.3. The monoisotopic (exact) mass is 917 g/mol. The van der Waals surface area contributed by atoms with Crippen LogP contribution in [0.15, 0.2) is 97.2 Å². The minimum atomic E-state index is -0.782. The lowest BCUT2D eigenvalue weighted by Crippen LogP contribution is -2.30. The van der Waals surface area contributed by atoms with Gasteiger partial charge in [0.05, 0.1) is 0 Å². The van der Waals surface area contributed by atoms with E-state index in [9.17, 15) is 14.4 Å². The van der Waals surface area contributed by atoms with Crippen molar-refractivity contribution >= 4 is 17.9 Å². The van der Waals surface area contributed by atoms with Crippen molar-refractivity contribution in [2.75, 3.05) is 13.2 Å². The van der Waals surface area contributed by atoms with Gasteiger partial charge in [0.2, 0.25) is 0 Å². The normalized spacial score (nSPS) is 12.8. The van der Waals surface area contributed by atoms with Crippen LogP contribution in [0.1, 0.15) is 245 Å². The fraction of sp³-hybridized carbons (Fsp3) is 0.683. The second-order valence-corrected chi connectivity index (χ2v) is 17.8. The Bertz CT molecular complexity index is 1330. The number of hydrogen-bond acceptors (Lipinski definition) is 6. The first kappa shape index (κ1) is 62.3. The molecule has 0 heterocycles. The number of carbonyl (C=O) groups is 3. The van der Waals surface area contributed by atoms with E-state index in [2.05, 4.69) is 118 Å². The number of carbonyl (C=O) groups excluding carboxylic acids is 3. The summed E-state index contributed by atoms with van der Waals surface area (Å²) in [5.74, 6) is -0.917. The summed E-state index contributed by atoms with van der Waals surface area (Å²) < 4.78 is 16.7. The summed E-state index contributed by atoms with van der Waals surface area (Å²) in [5.41, 5.74) is 0. The maximum absolute atomic E-state index is 12.7. The highest BCUT2D eigenvalue weighted by atomic mass is 16.6. The van der Waals surface area contributed by atoms with Crippen LogP contribution in [0.2, 0.25) is 0 Å². The van der Waals surface area contributed by atoms with Crippen molar-refractivity contribution in [3.8, 4) is 0 Å². The van der Waals surface area contributed by atoms with E-state index in [1.54, 1.807) is 0 Å². The van der Waals surface area contributed by atoms with E-state index in [-0.39, 0.29) is 31.1 Å². The first-order valence-electron chi connectivity index (χ1n) is 27.2. The quantitative estimate of drug-likeness (QED) is 0.0262. The van der Waals surface area contributed by atoms with Crippen LogP contribution in [0.25, 0.3) is 0 Å². The topological polar surface area (TPSA) is 78.9 Å². The van der Waals surface area contributed by atoms with Gasteiger partial charge in [0.15, 0.2) is 6.10 Å². The molecular weight excluding hydrogens is 817 g/mol. The highest BCUT2D eigenvalue weighted by Gasteiger charge is 2.19. The van der Waals surface area contributed by atoms with Gasteiger partial charge in [-0.3, -0.25) is 14.4 Å². The molecule has 0 bridgehead atoms. The van der Waals surface area contributed by atoms with Gasteiger partial charge in [-0.25, -0.2) is 0 Å². The van der Waals surface area contributed by atoms with Gasteiger partial charge in [-0.15, -0.1) is 0 Å². The zero-order chi connectivity index (χ0) is 47.9. The minimum absolute atomic E-state index is 0.0837. The van der Waals surface area contributed by atoms with Crippen LogP contribution < -0.4 is 0 Å². The van der Waals surface area contributed by atoms with Crippen LogP contribution in [0.3, 0.4) is 0 Å². The molecule has 0 aromatic carbocycles.